The Kier molecular flexibility index (Phi) is 1.85. The van der Waals surface area contributed by atoms with Gasteiger partial charge in [0, 0.05) is 0 Å². The average Bonchev–Trinajstić information content (AvgIpc) is 2.42. The topological polar surface area (TPSA) is 77.8 Å². The number of nitrogens with zero attached hydrogens (tertiary/aromatic N) is 1. The molecule has 2 aliphatic heterocycles. The summed E-state index contributed by atoms with van der Waals surface area (Å²) in [6, 6.07) is -0.145. The summed E-state index contributed by atoms with van der Waals surface area (Å²) in [5.41, 5.74) is 0.0527. The van der Waals surface area contributed by atoms with Gasteiger partial charge >= 0.3 is 5.97 Å². The Morgan fingerprint density at radius 2 is 2.36 bits per heavy atom. The van der Waals surface area contributed by atoms with Gasteiger partial charge in [0.2, 0.25) is 5.91 Å². The van der Waals surface area contributed by atoms with Crippen molar-refractivity contribution in [2.24, 2.45) is 5.92 Å². The molecule has 1 fully saturated rings. The molecule has 2 rings (SSSR count). The third-order valence-corrected chi connectivity index (χ3v) is 2.82. The molecule has 2 N–H and O–H groups in total. The second-order valence-electron chi connectivity index (χ2n) is 3.67. The molecule has 2 aliphatic rings. The van der Waals surface area contributed by atoms with Gasteiger partial charge in [-0.25, -0.2) is 4.79 Å². The van der Waals surface area contributed by atoms with E-state index < -0.39 is 18.0 Å². The van der Waals surface area contributed by atoms with Crippen molar-refractivity contribution in [2.75, 3.05) is 0 Å². The summed E-state index contributed by atoms with van der Waals surface area (Å²) >= 11 is 0. The maximum absolute atomic E-state index is 11.5. The third-order valence-electron chi connectivity index (χ3n) is 2.82. The zero-order chi connectivity index (χ0) is 10.5. The van der Waals surface area contributed by atoms with Crippen LogP contribution in [0.5, 0.6) is 0 Å². The minimum absolute atomic E-state index is 0.0527. The van der Waals surface area contributed by atoms with Crippen molar-refractivity contribution in [3.63, 3.8) is 0 Å². The lowest BCUT2D eigenvalue weighted by Crippen LogP contribution is -2.61. The Labute approximate surface area is 80.6 Å². The Bertz CT molecular complexity index is 334. The van der Waals surface area contributed by atoms with Crippen LogP contribution in [0, 0.1) is 5.92 Å². The lowest BCUT2D eigenvalue weighted by Gasteiger charge is -2.44. The van der Waals surface area contributed by atoms with E-state index in [9.17, 15) is 14.7 Å². The zero-order valence-electron chi connectivity index (χ0n) is 7.67. The molecule has 0 aromatic rings. The fourth-order valence-corrected chi connectivity index (χ4v) is 2.17. The summed E-state index contributed by atoms with van der Waals surface area (Å²) in [6.07, 6.45) is 1.36. The van der Waals surface area contributed by atoms with E-state index in [1.54, 1.807) is 6.92 Å². The van der Waals surface area contributed by atoms with E-state index in [-0.39, 0.29) is 17.6 Å². The summed E-state index contributed by atoms with van der Waals surface area (Å²) in [5, 5.41) is 18.0. The molecule has 1 saturated heterocycles. The third kappa shape index (κ3) is 0.988. The molecule has 5 nitrogen and oxygen atoms in total. The van der Waals surface area contributed by atoms with Crippen molar-refractivity contribution in [1.82, 2.24) is 4.90 Å². The largest absolute Gasteiger partial charge is 0.477 e. The van der Waals surface area contributed by atoms with Gasteiger partial charge in [0.05, 0.1) is 18.1 Å². The highest BCUT2D eigenvalue weighted by molar-refractivity contribution is 5.98. The van der Waals surface area contributed by atoms with Gasteiger partial charge < -0.3 is 15.1 Å². The number of carboxylic acid groups (broad SMARTS) is 1. The number of carboxylic acids is 1. The van der Waals surface area contributed by atoms with Crippen molar-refractivity contribution in [1.29, 1.82) is 0 Å². The first-order valence-electron chi connectivity index (χ1n) is 4.48. The Balaban J connectivity index is 2.17. The van der Waals surface area contributed by atoms with E-state index in [1.807, 2.05) is 0 Å². The number of aliphatic hydroxyl groups is 1. The molecule has 5 heteroatoms. The monoisotopic (exact) mass is 197 g/mol. The summed E-state index contributed by atoms with van der Waals surface area (Å²) in [4.78, 5) is 23.4. The average molecular weight is 197 g/mol. The van der Waals surface area contributed by atoms with E-state index >= 15 is 0 Å². The minimum Gasteiger partial charge on any atom is -0.477 e. The number of rotatable bonds is 2. The van der Waals surface area contributed by atoms with E-state index in [0.29, 0.717) is 6.42 Å². The second-order valence-corrected chi connectivity index (χ2v) is 3.67. The van der Waals surface area contributed by atoms with Crippen LogP contribution in [-0.2, 0) is 9.59 Å². The molecular formula is C9H11NO4. The molecule has 0 radical (unpaired) electrons. The molecule has 3 atom stereocenters. The van der Waals surface area contributed by atoms with Crippen LogP contribution in [0.15, 0.2) is 11.8 Å². The van der Waals surface area contributed by atoms with Gasteiger partial charge in [0.25, 0.3) is 0 Å². The van der Waals surface area contributed by atoms with Gasteiger partial charge in [-0.1, -0.05) is 6.08 Å². The number of carbonyl (C=O) groups is 2. The second kappa shape index (κ2) is 2.81. The van der Waals surface area contributed by atoms with Gasteiger partial charge in [0.15, 0.2) is 0 Å². The lowest BCUT2D eigenvalue weighted by molar-refractivity contribution is -0.161. The fraction of sp³-hybridized carbons (Fsp3) is 0.556. The Hall–Kier alpha value is -1.36. The van der Waals surface area contributed by atoms with Crippen LogP contribution in [0.2, 0.25) is 0 Å². The van der Waals surface area contributed by atoms with Gasteiger partial charge in [-0.2, -0.15) is 0 Å². The van der Waals surface area contributed by atoms with Crippen LogP contribution in [0.3, 0.4) is 0 Å². The number of hydrogen-bond acceptors (Lipinski definition) is 3. The van der Waals surface area contributed by atoms with E-state index in [2.05, 4.69) is 0 Å². The number of fused-ring (bicyclic) bond motifs is 1. The molecule has 0 bridgehead atoms. The first-order valence-corrected chi connectivity index (χ1v) is 4.48. The van der Waals surface area contributed by atoms with Gasteiger partial charge in [-0.3, -0.25) is 4.79 Å². The van der Waals surface area contributed by atoms with Crippen molar-refractivity contribution in [3.8, 4) is 0 Å². The number of hydrogen-bond donors (Lipinski definition) is 2. The van der Waals surface area contributed by atoms with Gasteiger partial charge in [-0.05, 0) is 13.3 Å². The smallest absolute Gasteiger partial charge is 0.352 e. The van der Waals surface area contributed by atoms with E-state index in [0.717, 1.165) is 0 Å². The molecule has 0 spiro atoms. The molecule has 0 aliphatic carbocycles. The predicted molar refractivity (Wildman–Crippen MR) is 46.1 cm³/mol. The molecule has 14 heavy (non-hydrogen) atoms. The van der Waals surface area contributed by atoms with Crippen molar-refractivity contribution < 1.29 is 19.8 Å². The van der Waals surface area contributed by atoms with Crippen LogP contribution in [0.1, 0.15) is 13.3 Å². The van der Waals surface area contributed by atoms with Crippen molar-refractivity contribution in [2.45, 2.75) is 25.5 Å². The van der Waals surface area contributed by atoms with Crippen molar-refractivity contribution >= 4 is 11.9 Å². The predicted octanol–water partition coefficient (Wildman–Crippen LogP) is -0.434. The molecule has 76 valence electrons. The maximum atomic E-state index is 11.5. The van der Waals surface area contributed by atoms with Crippen LogP contribution < -0.4 is 0 Å². The molecule has 1 amide bonds. The van der Waals surface area contributed by atoms with Crippen LogP contribution in [-0.4, -0.2) is 39.1 Å². The number of carbonyl (C=O) groups excluding carboxylic acids is 1. The molecular weight excluding hydrogens is 186 g/mol. The molecule has 2 heterocycles. The SMILES string of the molecule is CC(O)C1C(=O)N2C(C(=O)O)=CC[C@H]12. The van der Waals surface area contributed by atoms with E-state index in [4.69, 9.17) is 5.11 Å². The van der Waals surface area contributed by atoms with Crippen LogP contribution in [0.25, 0.3) is 0 Å². The Morgan fingerprint density at radius 3 is 2.86 bits per heavy atom. The van der Waals surface area contributed by atoms with Gasteiger partial charge in [0.1, 0.15) is 5.70 Å². The number of aliphatic hydroxyl groups excluding tert-OH is 1. The maximum Gasteiger partial charge on any atom is 0.352 e. The summed E-state index contributed by atoms with van der Waals surface area (Å²) in [5.74, 6) is -1.79. The summed E-state index contributed by atoms with van der Waals surface area (Å²) < 4.78 is 0. The quantitative estimate of drug-likeness (QED) is 0.588. The first kappa shape index (κ1) is 9.21. The fourth-order valence-electron chi connectivity index (χ4n) is 2.17. The number of β-lactam (4-membered cyclic amide) rings is 1. The molecule has 2 unspecified atom stereocenters. The standard InChI is InChI=1S/C9H11NO4/c1-4(11)7-5-2-3-6(9(13)14)10(5)8(7)12/h3-5,7,11H,2H2,1H3,(H,13,14)/t4?,5-,7?/m1/s1. The Morgan fingerprint density at radius 1 is 1.71 bits per heavy atom. The lowest BCUT2D eigenvalue weighted by atomic mass is 9.83. The van der Waals surface area contributed by atoms with Crippen molar-refractivity contribution in [3.05, 3.63) is 11.8 Å². The normalized spacial score (nSPS) is 32.0. The highest BCUT2D eigenvalue weighted by atomic mass is 16.4. The minimum atomic E-state index is -1.08. The first-order chi connectivity index (χ1) is 6.54. The molecule has 0 aromatic carbocycles. The number of amides is 1. The molecule has 0 saturated carbocycles. The summed E-state index contributed by atoms with van der Waals surface area (Å²) in [6.45, 7) is 1.55. The molecule has 0 aromatic heterocycles. The van der Waals surface area contributed by atoms with Crippen LogP contribution >= 0.6 is 0 Å². The number of aliphatic carboxylic acids is 1. The van der Waals surface area contributed by atoms with Crippen LogP contribution in [0.4, 0.5) is 0 Å². The summed E-state index contributed by atoms with van der Waals surface area (Å²) in [7, 11) is 0. The van der Waals surface area contributed by atoms with Gasteiger partial charge in [-0.15, -0.1) is 0 Å². The van der Waals surface area contributed by atoms with E-state index in [1.165, 1.54) is 11.0 Å². The highest BCUT2D eigenvalue weighted by Crippen LogP contribution is 2.39. The zero-order valence-corrected chi connectivity index (χ0v) is 7.67. The highest BCUT2D eigenvalue weighted by Gasteiger charge is 2.54.